The quantitative estimate of drug-likeness (QED) is 0.227. The van der Waals surface area contributed by atoms with E-state index in [4.69, 9.17) is 27.9 Å². The maximum absolute atomic E-state index is 13.0. The number of nitrogens with zero attached hydrogens (tertiary/aromatic N) is 1. The third kappa shape index (κ3) is 5.66. The van der Waals surface area contributed by atoms with Crippen LogP contribution in [0.15, 0.2) is 47.6 Å². The molecule has 1 N–H and O–H groups in total. The third-order valence-corrected chi connectivity index (χ3v) is 4.05. The molecule has 2 aromatic carbocycles. The Morgan fingerprint density at radius 3 is 2.10 bits per heavy atom. The van der Waals surface area contributed by atoms with E-state index in [1.807, 2.05) is 0 Å². The largest absolute Gasteiger partial charge is 0.489 e. The van der Waals surface area contributed by atoms with Gasteiger partial charge in [0.15, 0.2) is 0 Å². The number of alkyl halides is 7. The molecule has 3 nitrogen and oxygen atoms in total. The molecule has 0 radical (unpaired) electrons. The zero-order valence-corrected chi connectivity index (χ0v) is 15.6. The SMILES string of the molecule is FC(F)(F)C(F)(F)C(F)(F)N/N=C/c1ccc(OCc2ccc(Cl)cc2Cl)cc1. The Morgan fingerprint density at radius 1 is 0.931 bits per heavy atom. The number of rotatable bonds is 7. The number of hydrogen-bond donors (Lipinski definition) is 1. The van der Waals surface area contributed by atoms with Crippen LogP contribution in [0.4, 0.5) is 30.7 Å². The number of halogens is 9. The Labute approximate surface area is 170 Å². The molecule has 0 aromatic heterocycles. The Bertz CT molecular complexity index is 871. The molecular weight excluding hydrogens is 452 g/mol. The summed E-state index contributed by atoms with van der Waals surface area (Å²) in [5.74, 6) is -5.94. The van der Waals surface area contributed by atoms with Gasteiger partial charge in [-0.2, -0.15) is 35.8 Å². The minimum Gasteiger partial charge on any atom is -0.489 e. The summed E-state index contributed by atoms with van der Waals surface area (Å²) in [6.07, 6.45) is -5.79. The summed E-state index contributed by atoms with van der Waals surface area (Å²) in [5, 5.41) is 3.61. The normalized spacial score (nSPS) is 13.0. The van der Waals surface area contributed by atoms with Gasteiger partial charge in [0.05, 0.1) is 6.21 Å². The molecule has 0 atom stereocenters. The fourth-order valence-electron chi connectivity index (χ4n) is 1.89. The number of benzene rings is 2. The first kappa shape index (κ1) is 23.1. The topological polar surface area (TPSA) is 33.6 Å². The molecule has 2 aromatic rings. The lowest BCUT2D eigenvalue weighted by Gasteiger charge is -2.27. The summed E-state index contributed by atoms with van der Waals surface area (Å²) in [6.45, 7) is 0.101. The number of hydrazone groups is 1. The number of hydrogen-bond acceptors (Lipinski definition) is 3. The number of ether oxygens (including phenoxy) is 1. The zero-order valence-electron chi connectivity index (χ0n) is 14.1. The molecule has 0 saturated heterocycles. The molecule has 0 fully saturated rings. The van der Waals surface area contributed by atoms with Crippen molar-refractivity contribution in [3.05, 3.63) is 63.6 Å². The average molecular weight is 463 g/mol. The molecular formula is C17H11Cl2F7N2O. The van der Waals surface area contributed by atoms with Gasteiger partial charge in [-0.15, -0.1) is 0 Å². The molecule has 0 unspecified atom stereocenters. The Balaban J connectivity index is 1.96. The molecule has 0 saturated carbocycles. The van der Waals surface area contributed by atoms with Crippen molar-refractivity contribution in [2.45, 2.75) is 24.8 Å². The van der Waals surface area contributed by atoms with Crippen molar-refractivity contribution in [3.63, 3.8) is 0 Å². The summed E-state index contributed by atoms with van der Waals surface area (Å²) in [4.78, 5) is 0. The molecule has 29 heavy (non-hydrogen) atoms. The molecule has 2 rings (SSSR count). The van der Waals surface area contributed by atoms with Gasteiger partial charge in [0.25, 0.3) is 0 Å². The van der Waals surface area contributed by atoms with E-state index in [0.717, 1.165) is 0 Å². The minimum atomic E-state index is -6.44. The summed E-state index contributed by atoms with van der Waals surface area (Å²) in [7, 11) is 0. The molecule has 0 aliphatic rings. The van der Waals surface area contributed by atoms with E-state index >= 15 is 0 Å². The second-order valence-electron chi connectivity index (χ2n) is 5.61. The highest BCUT2D eigenvalue weighted by Crippen LogP contribution is 2.44. The lowest BCUT2D eigenvalue weighted by atomic mass is 10.2. The average Bonchev–Trinajstić information content (AvgIpc) is 2.61. The van der Waals surface area contributed by atoms with E-state index in [2.05, 4.69) is 5.10 Å². The van der Waals surface area contributed by atoms with E-state index in [1.165, 1.54) is 30.3 Å². The summed E-state index contributed by atoms with van der Waals surface area (Å²) < 4.78 is 93.1. The van der Waals surface area contributed by atoms with Gasteiger partial charge >= 0.3 is 18.1 Å². The number of nitrogens with one attached hydrogen (secondary N) is 1. The first-order valence-electron chi connectivity index (χ1n) is 7.63. The van der Waals surface area contributed by atoms with Crippen molar-refractivity contribution < 1.29 is 35.5 Å². The van der Waals surface area contributed by atoms with E-state index in [-0.39, 0.29) is 12.2 Å². The van der Waals surface area contributed by atoms with Gasteiger partial charge in [0.2, 0.25) is 0 Å². The van der Waals surface area contributed by atoms with Crippen LogP contribution in [0.3, 0.4) is 0 Å². The van der Waals surface area contributed by atoms with Crippen molar-refractivity contribution in [2.75, 3.05) is 0 Å². The monoisotopic (exact) mass is 462 g/mol. The van der Waals surface area contributed by atoms with Crippen molar-refractivity contribution >= 4 is 29.4 Å². The molecule has 158 valence electrons. The summed E-state index contributed by atoms with van der Waals surface area (Å²) >= 11 is 11.8. The van der Waals surface area contributed by atoms with Crippen LogP contribution < -0.4 is 10.2 Å². The van der Waals surface area contributed by atoms with Crippen LogP contribution in [-0.4, -0.2) is 24.4 Å². The molecule has 0 aliphatic heterocycles. The fraction of sp³-hybridized carbons (Fsp3) is 0.235. The van der Waals surface area contributed by atoms with Crippen LogP contribution in [0.5, 0.6) is 5.75 Å². The summed E-state index contributed by atoms with van der Waals surface area (Å²) in [5.41, 5.74) is 1.33. The van der Waals surface area contributed by atoms with Gasteiger partial charge in [-0.25, -0.2) is 5.43 Å². The first-order valence-corrected chi connectivity index (χ1v) is 8.38. The van der Waals surface area contributed by atoms with Gasteiger partial charge in [-0.1, -0.05) is 29.3 Å². The molecule has 0 heterocycles. The van der Waals surface area contributed by atoms with Crippen molar-refractivity contribution in [2.24, 2.45) is 5.10 Å². The molecule has 0 aliphatic carbocycles. The van der Waals surface area contributed by atoms with Crippen molar-refractivity contribution in [1.29, 1.82) is 0 Å². The first-order chi connectivity index (χ1) is 13.3. The van der Waals surface area contributed by atoms with E-state index in [1.54, 1.807) is 12.1 Å². The lowest BCUT2D eigenvalue weighted by molar-refractivity contribution is -0.361. The lowest BCUT2D eigenvalue weighted by Crippen LogP contribution is -2.58. The smallest absolute Gasteiger partial charge is 0.462 e. The van der Waals surface area contributed by atoms with Crippen LogP contribution in [0.25, 0.3) is 0 Å². The van der Waals surface area contributed by atoms with Crippen molar-refractivity contribution in [3.8, 4) is 5.75 Å². The van der Waals surface area contributed by atoms with Crippen LogP contribution >= 0.6 is 23.2 Å². The molecule has 0 amide bonds. The van der Waals surface area contributed by atoms with Gasteiger partial charge in [-0.05, 0) is 42.0 Å². The van der Waals surface area contributed by atoms with Gasteiger partial charge in [0.1, 0.15) is 12.4 Å². The molecule has 0 spiro atoms. The van der Waals surface area contributed by atoms with Crippen molar-refractivity contribution in [1.82, 2.24) is 5.43 Å². The Kier molecular flexibility index (Phi) is 6.89. The third-order valence-electron chi connectivity index (χ3n) is 3.46. The van der Waals surface area contributed by atoms with Gasteiger partial charge in [-0.3, -0.25) is 0 Å². The predicted molar refractivity (Wildman–Crippen MR) is 93.9 cm³/mol. The molecule has 12 heteroatoms. The highest BCUT2D eigenvalue weighted by molar-refractivity contribution is 6.35. The molecule has 0 bridgehead atoms. The maximum Gasteiger partial charge on any atom is 0.462 e. The van der Waals surface area contributed by atoms with Crippen LogP contribution in [0.2, 0.25) is 10.0 Å². The second kappa shape index (κ2) is 8.66. The Morgan fingerprint density at radius 2 is 1.55 bits per heavy atom. The second-order valence-corrected chi connectivity index (χ2v) is 6.45. The fourth-order valence-corrected chi connectivity index (χ4v) is 2.35. The van der Waals surface area contributed by atoms with E-state index in [9.17, 15) is 30.7 Å². The Hall–Kier alpha value is -2.20. The summed E-state index contributed by atoms with van der Waals surface area (Å²) in [6, 6.07) is 4.66. The maximum atomic E-state index is 13.0. The standard InChI is InChI=1S/C17H11Cl2F7N2O/c18-12-4-3-11(14(19)7-12)9-29-13-5-1-10(2-6-13)8-27-28-17(25,26)15(20,21)16(22,23)24/h1-8,28H,9H2/b27-8+. The van der Waals surface area contributed by atoms with Crippen LogP contribution in [-0.2, 0) is 6.61 Å². The minimum absolute atomic E-state index is 0.101. The van der Waals surface area contributed by atoms with Crippen LogP contribution in [0, 0.1) is 0 Å². The van der Waals surface area contributed by atoms with Crippen LogP contribution in [0.1, 0.15) is 11.1 Å². The highest BCUT2D eigenvalue weighted by Gasteiger charge is 2.73. The highest BCUT2D eigenvalue weighted by atomic mass is 35.5. The van der Waals surface area contributed by atoms with E-state index in [0.29, 0.717) is 33.0 Å². The van der Waals surface area contributed by atoms with Gasteiger partial charge < -0.3 is 4.74 Å². The zero-order chi connectivity index (χ0) is 21.9. The predicted octanol–water partition coefficient (Wildman–Crippen LogP) is 6.29. The van der Waals surface area contributed by atoms with E-state index < -0.39 is 18.1 Å². The van der Waals surface area contributed by atoms with Gasteiger partial charge in [0, 0.05) is 15.6 Å².